The van der Waals surface area contributed by atoms with E-state index in [9.17, 15) is 4.79 Å². The lowest BCUT2D eigenvalue weighted by molar-refractivity contribution is 0.0601. The SMILES string of the molecule is COC(=O)c1ccccc1-c1cc(OCc2ncccc2C)cc2c1CCC2. The number of hydrogen-bond donors (Lipinski definition) is 0. The Morgan fingerprint density at radius 1 is 1.07 bits per heavy atom. The molecule has 0 saturated heterocycles. The number of pyridine rings is 1. The van der Waals surface area contributed by atoms with Gasteiger partial charge in [-0.1, -0.05) is 24.3 Å². The van der Waals surface area contributed by atoms with Gasteiger partial charge >= 0.3 is 5.97 Å². The fourth-order valence-electron chi connectivity index (χ4n) is 3.83. The van der Waals surface area contributed by atoms with E-state index in [1.165, 1.54) is 18.2 Å². The molecule has 0 amide bonds. The predicted molar refractivity (Wildman–Crippen MR) is 109 cm³/mol. The van der Waals surface area contributed by atoms with E-state index in [1.807, 2.05) is 49.4 Å². The quantitative estimate of drug-likeness (QED) is 0.596. The molecule has 4 heteroatoms. The Hall–Kier alpha value is -3.14. The van der Waals surface area contributed by atoms with Gasteiger partial charge in [-0.25, -0.2) is 4.79 Å². The minimum atomic E-state index is -0.322. The van der Waals surface area contributed by atoms with Crippen LogP contribution in [0.3, 0.4) is 0 Å². The Morgan fingerprint density at radius 3 is 2.75 bits per heavy atom. The van der Waals surface area contributed by atoms with E-state index in [2.05, 4.69) is 11.1 Å². The molecule has 2 aromatic carbocycles. The van der Waals surface area contributed by atoms with Crippen LogP contribution in [0, 0.1) is 6.92 Å². The van der Waals surface area contributed by atoms with E-state index < -0.39 is 0 Å². The van der Waals surface area contributed by atoms with Gasteiger partial charge in [0.2, 0.25) is 0 Å². The van der Waals surface area contributed by atoms with Gasteiger partial charge in [0.15, 0.2) is 0 Å². The molecule has 0 fully saturated rings. The van der Waals surface area contributed by atoms with Crippen molar-refractivity contribution in [2.24, 2.45) is 0 Å². The molecule has 4 rings (SSSR count). The van der Waals surface area contributed by atoms with Gasteiger partial charge in [0, 0.05) is 6.20 Å². The van der Waals surface area contributed by atoms with Crippen molar-refractivity contribution in [1.29, 1.82) is 0 Å². The number of fused-ring (bicyclic) bond motifs is 1. The summed E-state index contributed by atoms with van der Waals surface area (Å²) in [6.45, 7) is 2.45. The summed E-state index contributed by atoms with van der Waals surface area (Å²) >= 11 is 0. The number of rotatable bonds is 5. The lowest BCUT2D eigenvalue weighted by atomic mass is 9.93. The van der Waals surface area contributed by atoms with Crippen LogP contribution in [0.25, 0.3) is 11.1 Å². The summed E-state index contributed by atoms with van der Waals surface area (Å²) in [5, 5.41) is 0. The number of ether oxygens (including phenoxy) is 2. The minimum absolute atomic E-state index is 0.322. The van der Waals surface area contributed by atoms with Crippen LogP contribution in [0.15, 0.2) is 54.7 Å². The summed E-state index contributed by atoms with van der Waals surface area (Å²) < 4.78 is 11.1. The molecule has 0 unspecified atom stereocenters. The zero-order valence-corrected chi connectivity index (χ0v) is 16.2. The lowest BCUT2D eigenvalue weighted by Crippen LogP contribution is -2.05. The number of methoxy groups -OCH3 is 1. The number of esters is 1. The zero-order valence-electron chi connectivity index (χ0n) is 16.2. The number of hydrogen-bond acceptors (Lipinski definition) is 4. The third-order valence-corrected chi connectivity index (χ3v) is 5.30. The van der Waals surface area contributed by atoms with Crippen LogP contribution in [0.5, 0.6) is 5.75 Å². The molecule has 0 atom stereocenters. The fourth-order valence-corrected chi connectivity index (χ4v) is 3.83. The first-order chi connectivity index (χ1) is 13.7. The number of nitrogens with zero attached hydrogens (tertiary/aromatic N) is 1. The molecule has 4 nitrogen and oxygen atoms in total. The molecule has 0 aliphatic heterocycles. The highest BCUT2D eigenvalue weighted by molar-refractivity contribution is 5.98. The van der Waals surface area contributed by atoms with Crippen molar-refractivity contribution < 1.29 is 14.3 Å². The molecule has 0 radical (unpaired) electrons. The van der Waals surface area contributed by atoms with E-state index in [1.54, 1.807) is 6.20 Å². The average Bonchev–Trinajstić information content (AvgIpc) is 3.20. The first-order valence-electron chi connectivity index (χ1n) is 9.54. The first-order valence-corrected chi connectivity index (χ1v) is 9.54. The maximum atomic E-state index is 12.3. The fraction of sp³-hybridized carbons (Fsp3) is 0.250. The predicted octanol–water partition coefficient (Wildman–Crippen LogP) is 4.91. The Balaban J connectivity index is 1.73. The standard InChI is InChI=1S/C24H23NO3/c1-16-7-6-12-25-23(16)15-28-18-13-17-8-5-11-19(17)22(14-18)20-9-3-4-10-21(20)24(26)27-2/h3-4,6-7,9-10,12-14H,5,8,11,15H2,1-2H3. The molecule has 1 heterocycles. The number of aryl methyl sites for hydroxylation is 2. The highest BCUT2D eigenvalue weighted by atomic mass is 16.5. The van der Waals surface area contributed by atoms with Crippen molar-refractivity contribution in [2.45, 2.75) is 32.8 Å². The van der Waals surface area contributed by atoms with Crippen LogP contribution in [0.4, 0.5) is 0 Å². The van der Waals surface area contributed by atoms with Gasteiger partial charge in [0.05, 0.1) is 18.4 Å². The number of aromatic nitrogens is 1. The monoisotopic (exact) mass is 373 g/mol. The van der Waals surface area contributed by atoms with Gasteiger partial charge in [-0.3, -0.25) is 4.98 Å². The molecule has 0 spiro atoms. The molecule has 0 N–H and O–H groups in total. The Morgan fingerprint density at radius 2 is 1.93 bits per heavy atom. The number of benzene rings is 2. The van der Waals surface area contributed by atoms with Crippen molar-refractivity contribution in [1.82, 2.24) is 4.98 Å². The van der Waals surface area contributed by atoms with Crippen LogP contribution < -0.4 is 4.74 Å². The summed E-state index contributed by atoms with van der Waals surface area (Å²) in [4.78, 5) is 16.7. The van der Waals surface area contributed by atoms with E-state index in [4.69, 9.17) is 9.47 Å². The summed E-state index contributed by atoms with van der Waals surface area (Å²) in [5.41, 5.74) is 7.18. The largest absolute Gasteiger partial charge is 0.487 e. The summed E-state index contributed by atoms with van der Waals surface area (Å²) in [5.74, 6) is 0.484. The Kier molecular flexibility index (Phi) is 5.11. The van der Waals surface area contributed by atoms with Gasteiger partial charge in [-0.15, -0.1) is 0 Å². The van der Waals surface area contributed by atoms with Crippen LogP contribution in [0.2, 0.25) is 0 Å². The maximum absolute atomic E-state index is 12.3. The molecule has 28 heavy (non-hydrogen) atoms. The second-order valence-corrected chi connectivity index (χ2v) is 7.05. The van der Waals surface area contributed by atoms with Crippen molar-refractivity contribution in [3.8, 4) is 16.9 Å². The highest BCUT2D eigenvalue weighted by Gasteiger charge is 2.21. The zero-order chi connectivity index (χ0) is 19.5. The maximum Gasteiger partial charge on any atom is 0.338 e. The first kappa shape index (κ1) is 18.2. The third-order valence-electron chi connectivity index (χ3n) is 5.30. The van der Waals surface area contributed by atoms with Crippen molar-refractivity contribution >= 4 is 5.97 Å². The second kappa shape index (κ2) is 7.85. The van der Waals surface area contributed by atoms with E-state index in [0.29, 0.717) is 12.2 Å². The topological polar surface area (TPSA) is 48.4 Å². The molecule has 3 aromatic rings. The van der Waals surface area contributed by atoms with Gasteiger partial charge in [0.25, 0.3) is 0 Å². The van der Waals surface area contributed by atoms with Crippen molar-refractivity contribution in [3.05, 3.63) is 82.7 Å². The smallest absolute Gasteiger partial charge is 0.338 e. The van der Waals surface area contributed by atoms with Gasteiger partial charge in [0.1, 0.15) is 12.4 Å². The van der Waals surface area contributed by atoms with Gasteiger partial charge in [-0.05, 0) is 78.3 Å². The Bertz CT molecular complexity index is 1030. The van der Waals surface area contributed by atoms with Gasteiger partial charge in [-0.2, -0.15) is 0 Å². The average molecular weight is 373 g/mol. The van der Waals surface area contributed by atoms with Crippen molar-refractivity contribution in [3.63, 3.8) is 0 Å². The number of carbonyl (C=O) groups excluding carboxylic acids is 1. The molecule has 1 aliphatic rings. The number of carbonyl (C=O) groups is 1. The lowest BCUT2D eigenvalue weighted by Gasteiger charge is -2.16. The van der Waals surface area contributed by atoms with Crippen LogP contribution in [-0.2, 0) is 24.2 Å². The summed E-state index contributed by atoms with van der Waals surface area (Å²) in [7, 11) is 1.41. The molecular weight excluding hydrogens is 350 g/mol. The molecule has 142 valence electrons. The normalized spacial score (nSPS) is 12.5. The van der Waals surface area contributed by atoms with Crippen molar-refractivity contribution in [2.75, 3.05) is 7.11 Å². The molecule has 1 aromatic heterocycles. The molecule has 0 bridgehead atoms. The summed E-state index contributed by atoms with van der Waals surface area (Å²) in [6.07, 6.45) is 4.94. The van der Waals surface area contributed by atoms with E-state index in [-0.39, 0.29) is 5.97 Å². The Labute approximate surface area is 165 Å². The second-order valence-electron chi connectivity index (χ2n) is 7.05. The molecular formula is C24H23NO3. The third kappa shape index (κ3) is 3.50. The van der Waals surface area contributed by atoms with Gasteiger partial charge < -0.3 is 9.47 Å². The van der Waals surface area contributed by atoms with Crippen LogP contribution >= 0.6 is 0 Å². The highest BCUT2D eigenvalue weighted by Crippen LogP contribution is 2.38. The summed E-state index contributed by atoms with van der Waals surface area (Å²) in [6, 6.07) is 15.7. The van der Waals surface area contributed by atoms with E-state index in [0.717, 1.165) is 47.4 Å². The van der Waals surface area contributed by atoms with Crippen LogP contribution in [0.1, 0.15) is 39.2 Å². The van der Waals surface area contributed by atoms with Crippen LogP contribution in [-0.4, -0.2) is 18.1 Å². The minimum Gasteiger partial charge on any atom is -0.487 e. The van der Waals surface area contributed by atoms with E-state index >= 15 is 0 Å². The molecule has 1 aliphatic carbocycles. The molecule has 0 saturated carbocycles.